The SMILES string of the molecule is CC(C)(C#N)c1nc2c(s1)C(O)CCC2. The highest BCUT2D eigenvalue weighted by atomic mass is 32.1. The van der Waals surface area contributed by atoms with E-state index >= 15 is 0 Å². The van der Waals surface area contributed by atoms with Crippen molar-refractivity contribution in [2.45, 2.75) is 44.6 Å². The number of fused-ring (bicyclic) bond motifs is 1. The van der Waals surface area contributed by atoms with Gasteiger partial charge in [0, 0.05) is 0 Å². The topological polar surface area (TPSA) is 56.9 Å². The number of hydrogen-bond acceptors (Lipinski definition) is 4. The van der Waals surface area contributed by atoms with Gasteiger partial charge in [-0.3, -0.25) is 0 Å². The fraction of sp³-hybridized carbons (Fsp3) is 0.636. The molecule has 1 aromatic rings. The average Bonchev–Trinajstić information content (AvgIpc) is 2.64. The second-order valence-corrected chi connectivity index (χ2v) is 5.51. The fourth-order valence-electron chi connectivity index (χ4n) is 1.71. The van der Waals surface area contributed by atoms with Gasteiger partial charge in [0.15, 0.2) is 0 Å². The standard InChI is InChI=1S/C11H14N2OS/c1-11(2,6-12)10-13-7-4-3-5-8(14)9(7)15-10/h8,14H,3-5H2,1-2H3. The molecule has 1 heterocycles. The monoisotopic (exact) mass is 222 g/mol. The summed E-state index contributed by atoms with van der Waals surface area (Å²) in [6.45, 7) is 3.73. The largest absolute Gasteiger partial charge is 0.388 e. The highest BCUT2D eigenvalue weighted by Gasteiger charge is 2.29. The Bertz CT molecular complexity index is 417. The van der Waals surface area contributed by atoms with Crippen LogP contribution in [0.3, 0.4) is 0 Å². The van der Waals surface area contributed by atoms with Gasteiger partial charge in [-0.25, -0.2) is 4.98 Å². The number of nitrogens with zero attached hydrogens (tertiary/aromatic N) is 2. The first-order valence-corrected chi connectivity index (χ1v) is 5.95. The van der Waals surface area contributed by atoms with E-state index in [4.69, 9.17) is 5.26 Å². The Hall–Kier alpha value is -0.920. The molecule has 1 unspecified atom stereocenters. The normalized spacial score (nSPS) is 20.8. The van der Waals surface area contributed by atoms with Gasteiger partial charge in [-0.1, -0.05) is 0 Å². The van der Waals surface area contributed by atoms with E-state index in [9.17, 15) is 5.11 Å². The Morgan fingerprint density at radius 1 is 1.60 bits per heavy atom. The van der Waals surface area contributed by atoms with Gasteiger partial charge in [-0.15, -0.1) is 11.3 Å². The van der Waals surface area contributed by atoms with Crippen LogP contribution in [0.4, 0.5) is 0 Å². The minimum atomic E-state index is -0.540. The van der Waals surface area contributed by atoms with Gasteiger partial charge < -0.3 is 5.11 Å². The number of nitriles is 1. The molecular weight excluding hydrogens is 208 g/mol. The highest BCUT2D eigenvalue weighted by Crippen LogP contribution is 2.37. The zero-order valence-corrected chi connectivity index (χ0v) is 9.77. The lowest BCUT2D eigenvalue weighted by atomic mass is 9.96. The van der Waals surface area contributed by atoms with E-state index in [2.05, 4.69) is 11.1 Å². The summed E-state index contributed by atoms with van der Waals surface area (Å²) in [5.74, 6) is 0. The number of rotatable bonds is 1. The number of thiazole rings is 1. The van der Waals surface area contributed by atoms with Gasteiger partial charge in [0.05, 0.1) is 22.7 Å². The molecule has 2 rings (SSSR count). The van der Waals surface area contributed by atoms with Crippen molar-refractivity contribution in [2.75, 3.05) is 0 Å². The maximum absolute atomic E-state index is 9.80. The fourth-order valence-corrected chi connectivity index (χ4v) is 2.90. The molecule has 1 N–H and O–H groups in total. The molecule has 0 bridgehead atoms. The van der Waals surface area contributed by atoms with E-state index in [-0.39, 0.29) is 6.10 Å². The van der Waals surface area contributed by atoms with Crippen molar-refractivity contribution >= 4 is 11.3 Å². The van der Waals surface area contributed by atoms with Gasteiger partial charge in [-0.05, 0) is 33.1 Å². The lowest BCUT2D eigenvalue weighted by Crippen LogP contribution is -2.13. The summed E-state index contributed by atoms with van der Waals surface area (Å²) in [5.41, 5.74) is 0.457. The Balaban J connectivity index is 2.43. The zero-order chi connectivity index (χ0) is 11.1. The molecule has 0 aromatic carbocycles. The van der Waals surface area contributed by atoms with Gasteiger partial charge in [0.2, 0.25) is 0 Å². The van der Waals surface area contributed by atoms with E-state index < -0.39 is 5.41 Å². The molecule has 15 heavy (non-hydrogen) atoms. The molecule has 1 aliphatic carbocycles. The summed E-state index contributed by atoms with van der Waals surface area (Å²) in [6.07, 6.45) is 2.38. The van der Waals surface area contributed by atoms with Crippen molar-refractivity contribution in [3.8, 4) is 6.07 Å². The second-order valence-electron chi connectivity index (χ2n) is 4.47. The van der Waals surface area contributed by atoms with Crippen LogP contribution in [0.5, 0.6) is 0 Å². The molecule has 0 saturated carbocycles. The van der Waals surface area contributed by atoms with Crippen LogP contribution in [0.2, 0.25) is 0 Å². The minimum absolute atomic E-state index is 0.366. The maximum atomic E-state index is 9.80. The van der Waals surface area contributed by atoms with E-state index in [1.165, 1.54) is 11.3 Å². The smallest absolute Gasteiger partial charge is 0.113 e. The lowest BCUT2D eigenvalue weighted by Gasteiger charge is -2.14. The van der Waals surface area contributed by atoms with Crippen molar-refractivity contribution in [1.82, 2.24) is 4.98 Å². The summed E-state index contributed by atoms with van der Waals surface area (Å²) in [7, 11) is 0. The number of aliphatic hydroxyl groups is 1. The third kappa shape index (κ3) is 1.77. The van der Waals surface area contributed by atoms with Crippen LogP contribution in [0, 0.1) is 11.3 Å². The molecule has 1 aromatic heterocycles. The molecule has 0 fully saturated rings. The van der Waals surface area contributed by atoms with Crippen LogP contribution in [0.15, 0.2) is 0 Å². The Morgan fingerprint density at radius 3 is 2.93 bits per heavy atom. The molecule has 0 amide bonds. The predicted octanol–water partition coefficient (Wildman–Crippen LogP) is 2.31. The van der Waals surface area contributed by atoms with Gasteiger partial charge in [0.25, 0.3) is 0 Å². The quantitative estimate of drug-likeness (QED) is 0.793. The summed E-state index contributed by atoms with van der Waals surface area (Å²) in [4.78, 5) is 5.45. The zero-order valence-electron chi connectivity index (χ0n) is 8.95. The van der Waals surface area contributed by atoms with E-state index in [0.29, 0.717) is 0 Å². The molecular formula is C11H14N2OS. The maximum Gasteiger partial charge on any atom is 0.113 e. The molecule has 0 radical (unpaired) electrons. The van der Waals surface area contributed by atoms with Crippen LogP contribution >= 0.6 is 11.3 Å². The van der Waals surface area contributed by atoms with Crippen molar-refractivity contribution < 1.29 is 5.11 Å². The first-order chi connectivity index (χ1) is 7.04. The Kier molecular flexibility index (Phi) is 2.53. The molecule has 4 heteroatoms. The molecule has 0 saturated heterocycles. The van der Waals surface area contributed by atoms with Crippen LogP contribution in [-0.2, 0) is 11.8 Å². The third-order valence-electron chi connectivity index (χ3n) is 2.74. The number of hydrogen-bond donors (Lipinski definition) is 1. The predicted molar refractivity (Wildman–Crippen MR) is 58.7 cm³/mol. The molecule has 0 spiro atoms. The molecule has 1 aliphatic rings. The van der Waals surface area contributed by atoms with Gasteiger partial charge in [0.1, 0.15) is 10.4 Å². The van der Waals surface area contributed by atoms with Crippen molar-refractivity contribution in [2.24, 2.45) is 0 Å². The van der Waals surface area contributed by atoms with Crippen molar-refractivity contribution in [3.63, 3.8) is 0 Å². The summed E-state index contributed by atoms with van der Waals surface area (Å²) < 4.78 is 0. The average molecular weight is 222 g/mol. The number of aliphatic hydroxyl groups excluding tert-OH is 1. The highest BCUT2D eigenvalue weighted by molar-refractivity contribution is 7.12. The van der Waals surface area contributed by atoms with E-state index in [1.54, 1.807) is 0 Å². The van der Waals surface area contributed by atoms with Crippen LogP contribution in [0.1, 0.15) is 48.4 Å². The van der Waals surface area contributed by atoms with Crippen LogP contribution < -0.4 is 0 Å². The van der Waals surface area contributed by atoms with Gasteiger partial charge >= 0.3 is 0 Å². The molecule has 1 atom stereocenters. The van der Waals surface area contributed by atoms with Crippen LogP contribution in [-0.4, -0.2) is 10.1 Å². The molecule has 0 aliphatic heterocycles. The first kappa shape index (κ1) is 10.6. The Morgan fingerprint density at radius 2 is 2.33 bits per heavy atom. The molecule has 3 nitrogen and oxygen atoms in total. The van der Waals surface area contributed by atoms with Crippen LogP contribution in [0.25, 0.3) is 0 Å². The van der Waals surface area contributed by atoms with Crippen molar-refractivity contribution in [3.05, 3.63) is 15.6 Å². The summed E-state index contributed by atoms with van der Waals surface area (Å²) in [5, 5.41) is 19.7. The first-order valence-electron chi connectivity index (χ1n) is 5.14. The third-order valence-corrected chi connectivity index (χ3v) is 4.26. The number of aryl methyl sites for hydroxylation is 1. The van der Waals surface area contributed by atoms with E-state index in [0.717, 1.165) is 34.8 Å². The Labute approximate surface area is 93.4 Å². The van der Waals surface area contributed by atoms with Crippen molar-refractivity contribution in [1.29, 1.82) is 5.26 Å². The molecule has 80 valence electrons. The minimum Gasteiger partial charge on any atom is -0.388 e. The summed E-state index contributed by atoms with van der Waals surface area (Å²) >= 11 is 1.49. The lowest BCUT2D eigenvalue weighted by molar-refractivity contribution is 0.160. The second kappa shape index (κ2) is 3.58. The number of aromatic nitrogens is 1. The van der Waals surface area contributed by atoms with Gasteiger partial charge in [-0.2, -0.15) is 5.26 Å². The van der Waals surface area contributed by atoms with E-state index in [1.807, 2.05) is 13.8 Å². The summed E-state index contributed by atoms with van der Waals surface area (Å²) in [6, 6.07) is 2.25.